The summed E-state index contributed by atoms with van der Waals surface area (Å²) in [6.45, 7) is 2.57. The Balaban J connectivity index is 1.65. The zero-order valence-electron chi connectivity index (χ0n) is 11.4. The van der Waals surface area contributed by atoms with Crippen molar-refractivity contribution in [1.82, 2.24) is 4.90 Å². The Morgan fingerprint density at radius 1 is 1.28 bits per heavy atom. The summed E-state index contributed by atoms with van der Waals surface area (Å²) in [6.07, 6.45) is 7.69. The molecule has 2 rings (SSSR count). The van der Waals surface area contributed by atoms with Crippen molar-refractivity contribution in [2.24, 2.45) is 0 Å². The molecule has 0 N–H and O–H groups in total. The molecule has 4 heteroatoms. The molecule has 0 radical (unpaired) electrons. The van der Waals surface area contributed by atoms with E-state index in [1.807, 2.05) is 4.90 Å². The Morgan fingerprint density at radius 3 is 2.67 bits per heavy atom. The number of hydrogen-bond acceptors (Lipinski definition) is 3. The standard InChI is InChI=1S/C14H25NO3/c1-17-12-7-9-15(10-8-12)14(16)6-5-13-4-2-3-11-18-13/h12-13H,2-11H2,1H3. The minimum Gasteiger partial charge on any atom is -0.381 e. The van der Waals surface area contributed by atoms with Crippen LogP contribution in [-0.4, -0.2) is 49.8 Å². The van der Waals surface area contributed by atoms with Crippen LogP contribution in [0.3, 0.4) is 0 Å². The van der Waals surface area contributed by atoms with Crippen LogP contribution in [0.15, 0.2) is 0 Å². The summed E-state index contributed by atoms with van der Waals surface area (Å²) in [5, 5.41) is 0. The van der Waals surface area contributed by atoms with Crippen LogP contribution in [0.4, 0.5) is 0 Å². The summed E-state index contributed by atoms with van der Waals surface area (Å²) in [4.78, 5) is 14.0. The Kier molecular flexibility index (Phi) is 5.45. The van der Waals surface area contributed by atoms with E-state index >= 15 is 0 Å². The van der Waals surface area contributed by atoms with E-state index in [-0.39, 0.29) is 0 Å². The SMILES string of the molecule is COC1CCN(C(=O)CCC2CCCCO2)CC1. The number of nitrogens with zero attached hydrogens (tertiary/aromatic N) is 1. The maximum absolute atomic E-state index is 12.1. The van der Waals surface area contributed by atoms with Gasteiger partial charge in [-0.2, -0.15) is 0 Å². The topological polar surface area (TPSA) is 38.8 Å². The number of ether oxygens (including phenoxy) is 2. The number of piperidine rings is 1. The molecule has 1 unspecified atom stereocenters. The van der Waals surface area contributed by atoms with Gasteiger partial charge in [0.25, 0.3) is 0 Å². The number of likely N-dealkylation sites (tertiary alicyclic amines) is 1. The highest BCUT2D eigenvalue weighted by atomic mass is 16.5. The lowest BCUT2D eigenvalue weighted by molar-refractivity contribution is -0.134. The first-order valence-electron chi connectivity index (χ1n) is 7.22. The second-order valence-electron chi connectivity index (χ2n) is 5.34. The third kappa shape index (κ3) is 3.95. The fraction of sp³-hybridized carbons (Fsp3) is 0.929. The largest absolute Gasteiger partial charge is 0.381 e. The molecular formula is C14H25NO3. The van der Waals surface area contributed by atoms with Gasteiger partial charge in [-0.3, -0.25) is 4.79 Å². The van der Waals surface area contributed by atoms with E-state index in [1.54, 1.807) is 7.11 Å². The first kappa shape index (κ1) is 13.8. The molecule has 2 fully saturated rings. The van der Waals surface area contributed by atoms with E-state index in [0.717, 1.165) is 45.4 Å². The van der Waals surface area contributed by atoms with Crippen molar-refractivity contribution in [2.45, 2.75) is 57.2 Å². The lowest BCUT2D eigenvalue weighted by Crippen LogP contribution is -2.40. The summed E-state index contributed by atoms with van der Waals surface area (Å²) in [7, 11) is 1.75. The Bertz CT molecular complexity index is 256. The molecule has 0 saturated carbocycles. The summed E-state index contributed by atoms with van der Waals surface area (Å²) in [6, 6.07) is 0. The quantitative estimate of drug-likeness (QED) is 0.771. The van der Waals surface area contributed by atoms with Crippen molar-refractivity contribution in [3.05, 3.63) is 0 Å². The van der Waals surface area contributed by atoms with Crippen molar-refractivity contribution < 1.29 is 14.3 Å². The van der Waals surface area contributed by atoms with Gasteiger partial charge in [0.1, 0.15) is 0 Å². The van der Waals surface area contributed by atoms with Crippen molar-refractivity contribution in [3.63, 3.8) is 0 Å². The predicted molar refractivity (Wildman–Crippen MR) is 69.4 cm³/mol. The highest BCUT2D eigenvalue weighted by molar-refractivity contribution is 5.76. The van der Waals surface area contributed by atoms with Crippen LogP contribution < -0.4 is 0 Å². The highest BCUT2D eigenvalue weighted by Crippen LogP contribution is 2.19. The molecule has 2 heterocycles. The van der Waals surface area contributed by atoms with Gasteiger partial charge in [-0.1, -0.05) is 0 Å². The molecule has 2 aliphatic heterocycles. The van der Waals surface area contributed by atoms with Crippen molar-refractivity contribution in [2.75, 3.05) is 26.8 Å². The monoisotopic (exact) mass is 255 g/mol. The van der Waals surface area contributed by atoms with Crippen molar-refractivity contribution >= 4 is 5.91 Å². The van der Waals surface area contributed by atoms with E-state index in [0.29, 0.717) is 24.5 Å². The van der Waals surface area contributed by atoms with Gasteiger partial charge in [0.2, 0.25) is 5.91 Å². The second kappa shape index (κ2) is 7.10. The lowest BCUT2D eigenvalue weighted by atomic mass is 10.0. The van der Waals surface area contributed by atoms with E-state index in [4.69, 9.17) is 9.47 Å². The van der Waals surface area contributed by atoms with Crippen LogP contribution in [0.5, 0.6) is 0 Å². The zero-order valence-corrected chi connectivity index (χ0v) is 11.4. The van der Waals surface area contributed by atoms with Gasteiger partial charge in [-0.15, -0.1) is 0 Å². The summed E-state index contributed by atoms with van der Waals surface area (Å²) in [5.74, 6) is 0.290. The summed E-state index contributed by atoms with van der Waals surface area (Å²) in [5.41, 5.74) is 0. The van der Waals surface area contributed by atoms with Crippen LogP contribution in [-0.2, 0) is 14.3 Å². The highest BCUT2D eigenvalue weighted by Gasteiger charge is 2.23. The maximum Gasteiger partial charge on any atom is 0.222 e. The molecule has 2 aliphatic rings. The van der Waals surface area contributed by atoms with Gasteiger partial charge in [0.15, 0.2) is 0 Å². The molecular weight excluding hydrogens is 230 g/mol. The fourth-order valence-electron chi connectivity index (χ4n) is 2.82. The van der Waals surface area contributed by atoms with Gasteiger partial charge in [0, 0.05) is 33.2 Å². The van der Waals surface area contributed by atoms with Crippen LogP contribution in [0.1, 0.15) is 44.9 Å². The normalized spacial score (nSPS) is 26.3. The van der Waals surface area contributed by atoms with E-state index < -0.39 is 0 Å². The number of hydrogen-bond donors (Lipinski definition) is 0. The molecule has 0 aromatic heterocycles. The first-order chi connectivity index (χ1) is 8.79. The third-order valence-electron chi connectivity index (χ3n) is 4.08. The fourth-order valence-corrected chi connectivity index (χ4v) is 2.82. The van der Waals surface area contributed by atoms with Crippen LogP contribution >= 0.6 is 0 Å². The number of carbonyl (C=O) groups is 1. The molecule has 2 saturated heterocycles. The second-order valence-corrected chi connectivity index (χ2v) is 5.34. The van der Waals surface area contributed by atoms with Gasteiger partial charge in [-0.25, -0.2) is 0 Å². The van der Waals surface area contributed by atoms with Crippen molar-refractivity contribution in [3.8, 4) is 0 Å². The molecule has 0 spiro atoms. The molecule has 1 amide bonds. The third-order valence-corrected chi connectivity index (χ3v) is 4.08. The van der Waals surface area contributed by atoms with Crippen LogP contribution in [0.25, 0.3) is 0 Å². The Morgan fingerprint density at radius 2 is 2.06 bits per heavy atom. The average molecular weight is 255 g/mol. The van der Waals surface area contributed by atoms with Gasteiger partial charge in [0.05, 0.1) is 12.2 Å². The van der Waals surface area contributed by atoms with Crippen LogP contribution in [0, 0.1) is 0 Å². The lowest BCUT2D eigenvalue weighted by Gasteiger charge is -2.32. The van der Waals surface area contributed by atoms with Gasteiger partial charge in [-0.05, 0) is 38.5 Å². The van der Waals surface area contributed by atoms with E-state index in [1.165, 1.54) is 12.8 Å². The molecule has 4 nitrogen and oxygen atoms in total. The minimum absolute atomic E-state index is 0.290. The number of amides is 1. The van der Waals surface area contributed by atoms with Gasteiger partial charge >= 0.3 is 0 Å². The maximum atomic E-state index is 12.1. The van der Waals surface area contributed by atoms with Crippen LogP contribution in [0.2, 0.25) is 0 Å². The molecule has 0 aliphatic carbocycles. The number of carbonyl (C=O) groups excluding carboxylic acids is 1. The molecule has 0 aromatic rings. The van der Waals surface area contributed by atoms with E-state index in [2.05, 4.69) is 0 Å². The number of methoxy groups -OCH3 is 1. The van der Waals surface area contributed by atoms with Gasteiger partial charge < -0.3 is 14.4 Å². The molecule has 0 bridgehead atoms. The summed E-state index contributed by atoms with van der Waals surface area (Å²) < 4.78 is 11.0. The molecule has 104 valence electrons. The molecule has 0 aromatic carbocycles. The minimum atomic E-state index is 0.290. The number of rotatable bonds is 4. The molecule has 18 heavy (non-hydrogen) atoms. The Labute approximate surface area is 110 Å². The van der Waals surface area contributed by atoms with Crippen molar-refractivity contribution in [1.29, 1.82) is 0 Å². The zero-order chi connectivity index (χ0) is 12.8. The summed E-state index contributed by atoms with van der Waals surface area (Å²) >= 11 is 0. The average Bonchev–Trinajstić information content (AvgIpc) is 2.46. The first-order valence-corrected chi connectivity index (χ1v) is 7.22. The predicted octanol–water partition coefficient (Wildman–Crippen LogP) is 1.97. The van der Waals surface area contributed by atoms with E-state index in [9.17, 15) is 4.79 Å². The molecule has 1 atom stereocenters. The smallest absolute Gasteiger partial charge is 0.222 e. The Hall–Kier alpha value is -0.610.